The molecule has 2 aromatic rings. The van der Waals surface area contributed by atoms with Gasteiger partial charge in [-0.05, 0) is 33.9 Å². The average Bonchev–Trinajstić information content (AvgIpc) is 3.22. The minimum absolute atomic E-state index is 0.0382. The molecule has 0 saturated carbocycles. The molecule has 1 aliphatic heterocycles. The molecule has 10 heteroatoms. The van der Waals surface area contributed by atoms with Crippen molar-refractivity contribution in [2.24, 2.45) is 0 Å². The lowest BCUT2D eigenvalue weighted by Crippen LogP contribution is -2.40. The van der Waals surface area contributed by atoms with Gasteiger partial charge in [0, 0.05) is 38.2 Å². The Kier molecular flexibility index (Phi) is 5.64. The van der Waals surface area contributed by atoms with Crippen molar-refractivity contribution in [1.29, 1.82) is 0 Å². The van der Waals surface area contributed by atoms with E-state index in [1.807, 2.05) is 25.9 Å². The van der Waals surface area contributed by atoms with Gasteiger partial charge >= 0.3 is 5.69 Å². The number of nitrogens with one attached hydrogen (secondary N) is 1. The number of H-pyrrole nitrogens is 1. The van der Waals surface area contributed by atoms with Gasteiger partial charge in [0.2, 0.25) is 0 Å². The molecule has 2 aromatic heterocycles. The van der Waals surface area contributed by atoms with Crippen LogP contribution < -0.4 is 11.4 Å². The number of carbonyl (C=O) groups is 1. The molecule has 10 nitrogen and oxygen atoms in total. The molecular weight excluding hydrogens is 348 g/mol. The quantitative estimate of drug-likeness (QED) is 0.730. The number of rotatable bonds is 6. The summed E-state index contributed by atoms with van der Waals surface area (Å²) in [5.74, 6) is 0.979. The minimum Gasteiger partial charge on any atom is -0.382 e. The SMILES string of the molecule is CCn1c(C2CCCN(C(=O)c3cc(N)n[nH]3)C2)nn(CCN(C)C)c1=O. The molecule has 3 heterocycles. The van der Waals surface area contributed by atoms with E-state index in [-0.39, 0.29) is 17.5 Å². The maximum absolute atomic E-state index is 12.7. The Morgan fingerprint density at radius 1 is 1.44 bits per heavy atom. The van der Waals surface area contributed by atoms with Gasteiger partial charge in [0.05, 0.1) is 6.54 Å². The lowest BCUT2D eigenvalue weighted by Gasteiger charge is -2.32. The summed E-state index contributed by atoms with van der Waals surface area (Å²) in [4.78, 5) is 29.2. The molecular formula is C17H28N8O2. The van der Waals surface area contributed by atoms with Gasteiger partial charge in [-0.2, -0.15) is 10.2 Å². The Bertz CT molecular complexity index is 849. The number of hydrogen-bond acceptors (Lipinski definition) is 6. The van der Waals surface area contributed by atoms with E-state index in [9.17, 15) is 9.59 Å². The second kappa shape index (κ2) is 7.95. The van der Waals surface area contributed by atoms with Gasteiger partial charge in [-0.25, -0.2) is 9.48 Å². The third-order valence-corrected chi connectivity index (χ3v) is 4.93. The number of nitrogen functional groups attached to an aromatic ring is 1. The molecule has 3 rings (SSSR count). The fourth-order valence-electron chi connectivity index (χ4n) is 3.49. The van der Waals surface area contributed by atoms with Gasteiger partial charge < -0.3 is 15.5 Å². The van der Waals surface area contributed by atoms with Crippen molar-refractivity contribution in [1.82, 2.24) is 34.3 Å². The van der Waals surface area contributed by atoms with Gasteiger partial charge in [-0.1, -0.05) is 0 Å². The number of nitrogens with zero attached hydrogens (tertiary/aromatic N) is 6. The van der Waals surface area contributed by atoms with Gasteiger partial charge in [-0.15, -0.1) is 0 Å². The number of anilines is 1. The van der Waals surface area contributed by atoms with Crippen LogP contribution in [-0.4, -0.2) is 74.0 Å². The van der Waals surface area contributed by atoms with E-state index in [1.54, 1.807) is 15.5 Å². The minimum atomic E-state index is -0.124. The highest BCUT2D eigenvalue weighted by atomic mass is 16.2. The van der Waals surface area contributed by atoms with Crippen LogP contribution >= 0.6 is 0 Å². The van der Waals surface area contributed by atoms with E-state index in [1.165, 1.54) is 4.68 Å². The first-order chi connectivity index (χ1) is 12.9. The predicted octanol–water partition coefficient (Wildman–Crippen LogP) is -0.0486. The van der Waals surface area contributed by atoms with Crippen LogP contribution in [0.1, 0.15) is 42.0 Å². The molecule has 27 heavy (non-hydrogen) atoms. The monoisotopic (exact) mass is 376 g/mol. The highest BCUT2D eigenvalue weighted by Crippen LogP contribution is 2.26. The molecule has 0 aliphatic carbocycles. The molecule has 0 radical (unpaired) electrons. The summed E-state index contributed by atoms with van der Waals surface area (Å²) in [7, 11) is 3.94. The Hall–Kier alpha value is -2.62. The number of amides is 1. The van der Waals surface area contributed by atoms with Crippen molar-refractivity contribution in [2.75, 3.05) is 39.5 Å². The zero-order valence-corrected chi connectivity index (χ0v) is 16.2. The fraction of sp³-hybridized carbons (Fsp3) is 0.647. The molecule has 0 bridgehead atoms. The van der Waals surface area contributed by atoms with E-state index in [0.29, 0.717) is 37.7 Å². The first-order valence-electron chi connectivity index (χ1n) is 9.33. The smallest absolute Gasteiger partial charge is 0.345 e. The highest BCUT2D eigenvalue weighted by Gasteiger charge is 2.30. The van der Waals surface area contributed by atoms with Gasteiger partial charge in [0.15, 0.2) is 0 Å². The van der Waals surface area contributed by atoms with Crippen LogP contribution in [0.5, 0.6) is 0 Å². The molecule has 0 spiro atoms. The van der Waals surface area contributed by atoms with Crippen molar-refractivity contribution in [2.45, 2.75) is 38.8 Å². The van der Waals surface area contributed by atoms with Crippen LogP contribution in [0.2, 0.25) is 0 Å². The number of likely N-dealkylation sites (tertiary alicyclic amines) is 1. The predicted molar refractivity (Wildman–Crippen MR) is 102 cm³/mol. The van der Waals surface area contributed by atoms with Crippen LogP contribution in [0.15, 0.2) is 10.9 Å². The molecule has 0 aromatic carbocycles. The molecule has 148 valence electrons. The number of likely N-dealkylation sites (N-methyl/N-ethyl adjacent to an activating group) is 1. The molecule has 1 unspecified atom stereocenters. The molecule has 3 N–H and O–H groups in total. The zero-order chi connectivity index (χ0) is 19.6. The standard InChI is InChI=1S/C17H28N8O2/c1-4-24-15(21-25(17(24)27)9-8-22(2)3)12-6-5-7-23(11-12)16(26)13-10-14(18)20-19-13/h10,12H,4-9,11H2,1-3H3,(H3,18,19,20). The first kappa shape index (κ1) is 19.2. The summed E-state index contributed by atoms with van der Waals surface area (Å²) in [5.41, 5.74) is 5.91. The van der Waals surface area contributed by atoms with Gasteiger partial charge in [-0.3, -0.25) is 14.5 Å². The maximum Gasteiger partial charge on any atom is 0.345 e. The molecule has 1 fully saturated rings. The fourth-order valence-corrected chi connectivity index (χ4v) is 3.49. The number of aromatic nitrogens is 5. The molecule has 1 aliphatic rings. The van der Waals surface area contributed by atoms with Crippen LogP contribution in [0.25, 0.3) is 0 Å². The van der Waals surface area contributed by atoms with E-state index >= 15 is 0 Å². The summed E-state index contributed by atoms with van der Waals surface area (Å²) in [6.07, 6.45) is 1.77. The Morgan fingerprint density at radius 2 is 2.22 bits per heavy atom. The molecule has 1 amide bonds. The number of aromatic amines is 1. The topological polar surface area (TPSA) is 118 Å². The lowest BCUT2D eigenvalue weighted by atomic mass is 9.97. The van der Waals surface area contributed by atoms with Gasteiger partial charge in [0.1, 0.15) is 17.3 Å². The number of hydrogen-bond donors (Lipinski definition) is 2. The highest BCUT2D eigenvalue weighted by molar-refractivity contribution is 5.93. The second-order valence-corrected chi connectivity index (χ2v) is 7.21. The van der Waals surface area contributed by atoms with Crippen LogP contribution in [0.4, 0.5) is 5.82 Å². The summed E-state index contributed by atoms with van der Waals surface area (Å²) in [5, 5.41) is 11.1. The van der Waals surface area contributed by atoms with Crippen molar-refractivity contribution < 1.29 is 4.79 Å². The van der Waals surface area contributed by atoms with Crippen molar-refractivity contribution in [3.05, 3.63) is 28.1 Å². The van der Waals surface area contributed by atoms with E-state index in [2.05, 4.69) is 15.3 Å². The van der Waals surface area contributed by atoms with E-state index < -0.39 is 0 Å². The Balaban J connectivity index is 1.80. The zero-order valence-electron chi connectivity index (χ0n) is 16.2. The molecule has 1 saturated heterocycles. The van der Waals surface area contributed by atoms with Crippen molar-refractivity contribution in [3.8, 4) is 0 Å². The van der Waals surface area contributed by atoms with Gasteiger partial charge in [0.25, 0.3) is 5.91 Å². The number of nitrogens with two attached hydrogens (primary N) is 1. The summed E-state index contributed by atoms with van der Waals surface area (Å²) >= 11 is 0. The number of piperidine rings is 1. The summed E-state index contributed by atoms with van der Waals surface area (Å²) in [6, 6.07) is 1.55. The van der Waals surface area contributed by atoms with Crippen molar-refractivity contribution >= 4 is 11.7 Å². The third-order valence-electron chi connectivity index (χ3n) is 4.93. The maximum atomic E-state index is 12.7. The Morgan fingerprint density at radius 3 is 2.85 bits per heavy atom. The normalized spacial score (nSPS) is 17.6. The summed E-state index contributed by atoms with van der Waals surface area (Å²) < 4.78 is 3.26. The summed E-state index contributed by atoms with van der Waals surface area (Å²) in [6.45, 7) is 5.01. The Labute approximate surface area is 157 Å². The van der Waals surface area contributed by atoms with Crippen LogP contribution in [0.3, 0.4) is 0 Å². The largest absolute Gasteiger partial charge is 0.382 e. The molecule has 1 atom stereocenters. The van der Waals surface area contributed by atoms with Crippen LogP contribution in [0, 0.1) is 0 Å². The van der Waals surface area contributed by atoms with Crippen LogP contribution in [-0.2, 0) is 13.1 Å². The van der Waals surface area contributed by atoms with E-state index in [0.717, 1.165) is 25.2 Å². The third kappa shape index (κ3) is 4.05. The first-order valence-corrected chi connectivity index (χ1v) is 9.33. The lowest BCUT2D eigenvalue weighted by molar-refractivity contribution is 0.0697. The number of carbonyl (C=O) groups excluding carboxylic acids is 1. The van der Waals surface area contributed by atoms with E-state index in [4.69, 9.17) is 5.73 Å². The second-order valence-electron chi connectivity index (χ2n) is 7.21. The average molecular weight is 376 g/mol. The van der Waals surface area contributed by atoms with Crippen molar-refractivity contribution in [3.63, 3.8) is 0 Å².